The summed E-state index contributed by atoms with van der Waals surface area (Å²) in [6.07, 6.45) is 3.81. The number of nitrogens with zero attached hydrogens (tertiary/aromatic N) is 2. The number of benzene rings is 3. The zero-order valence-electron chi connectivity index (χ0n) is 18.1. The quantitative estimate of drug-likeness (QED) is 0.341. The summed E-state index contributed by atoms with van der Waals surface area (Å²) in [6, 6.07) is 22.9. The molecule has 0 amide bonds. The number of fused-ring (bicyclic) bond motifs is 1. The van der Waals surface area contributed by atoms with E-state index in [1.807, 2.05) is 42.5 Å². The molecule has 0 spiro atoms. The van der Waals surface area contributed by atoms with Gasteiger partial charge in [-0.1, -0.05) is 42.5 Å². The van der Waals surface area contributed by atoms with Crippen molar-refractivity contribution in [2.24, 2.45) is 0 Å². The van der Waals surface area contributed by atoms with E-state index in [0.717, 1.165) is 22.9 Å². The number of rotatable bonds is 7. The monoisotopic (exact) mass is 438 g/mol. The van der Waals surface area contributed by atoms with Crippen LogP contribution in [0.15, 0.2) is 89.8 Å². The molecule has 5 rings (SSSR count). The van der Waals surface area contributed by atoms with Crippen molar-refractivity contribution >= 4 is 10.9 Å². The lowest BCUT2D eigenvalue weighted by Crippen LogP contribution is -2.03. The van der Waals surface area contributed by atoms with E-state index in [2.05, 4.69) is 17.1 Å². The maximum Gasteiger partial charge on any atom is 0.181 e. The Hall–Kier alpha value is -4.32. The van der Waals surface area contributed by atoms with Gasteiger partial charge in [-0.15, -0.1) is 0 Å². The molecule has 2 heterocycles. The minimum atomic E-state index is 0.180. The van der Waals surface area contributed by atoms with Gasteiger partial charge < -0.3 is 19.0 Å². The normalized spacial score (nSPS) is 10.9. The van der Waals surface area contributed by atoms with Gasteiger partial charge in [0, 0.05) is 29.5 Å². The molecule has 1 N–H and O–H groups in total. The summed E-state index contributed by atoms with van der Waals surface area (Å²) in [5.74, 6) is 2.09. The summed E-state index contributed by atoms with van der Waals surface area (Å²) < 4.78 is 17.4. The minimum absolute atomic E-state index is 0.180. The van der Waals surface area contributed by atoms with Gasteiger partial charge in [-0.3, -0.25) is 0 Å². The number of methoxy groups -OCH3 is 1. The second kappa shape index (κ2) is 9.04. The van der Waals surface area contributed by atoms with Crippen molar-refractivity contribution in [1.82, 2.24) is 9.97 Å². The van der Waals surface area contributed by atoms with Crippen LogP contribution in [0.4, 0.5) is 0 Å². The zero-order chi connectivity index (χ0) is 22.6. The first kappa shape index (κ1) is 20.6. The van der Waals surface area contributed by atoms with E-state index in [-0.39, 0.29) is 5.75 Å². The molecule has 3 aromatic carbocycles. The van der Waals surface area contributed by atoms with Crippen LogP contribution in [0, 0.1) is 0 Å². The second-order valence-electron chi connectivity index (χ2n) is 7.58. The Morgan fingerprint density at radius 1 is 0.939 bits per heavy atom. The van der Waals surface area contributed by atoms with Crippen molar-refractivity contribution < 1.29 is 19.0 Å². The lowest BCUT2D eigenvalue weighted by molar-refractivity contribution is 0.325. The van der Waals surface area contributed by atoms with E-state index in [0.29, 0.717) is 35.1 Å². The highest BCUT2D eigenvalue weighted by Gasteiger charge is 2.16. The van der Waals surface area contributed by atoms with E-state index >= 15 is 0 Å². The van der Waals surface area contributed by atoms with Gasteiger partial charge in [0.05, 0.1) is 36.7 Å². The van der Waals surface area contributed by atoms with Crippen LogP contribution in [-0.2, 0) is 6.42 Å². The van der Waals surface area contributed by atoms with Gasteiger partial charge >= 0.3 is 0 Å². The Balaban J connectivity index is 1.60. The molecule has 0 saturated heterocycles. The lowest BCUT2D eigenvalue weighted by Gasteiger charge is -2.14. The van der Waals surface area contributed by atoms with Gasteiger partial charge in [0.1, 0.15) is 17.2 Å². The highest BCUT2D eigenvalue weighted by Crippen LogP contribution is 2.38. The third-order valence-corrected chi connectivity index (χ3v) is 5.42. The number of pyridine rings is 1. The van der Waals surface area contributed by atoms with Crippen LogP contribution in [0.1, 0.15) is 5.56 Å². The number of phenolic OH excluding ortho intramolecular Hbond substituents is 1. The number of hydrogen-bond donors (Lipinski definition) is 1. The van der Waals surface area contributed by atoms with Crippen molar-refractivity contribution in [3.8, 4) is 39.8 Å². The van der Waals surface area contributed by atoms with Gasteiger partial charge in [-0.05, 0) is 23.8 Å². The summed E-state index contributed by atoms with van der Waals surface area (Å²) in [5, 5.41) is 10.8. The Kier molecular flexibility index (Phi) is 5.64. The first-order valence-electron chi connectivity index (χ1n) is 10.6. The third-order valence-electron chi connectivity index (χ3n) is 5.42. The molecule has 5 aromatic rings. The van der Waals surface area contributed by atoms with Gasteiger partial charge in [0.2, 0.25) is 0 Å². The fourth-order valence-electron chi connectivity index (χ4n) is 3.79. The average molecular weight is 438 g/mol. The summed E-state index contributed by atoms with van der Waals surface area (Å²) in [6.45, 7) is 0.506. The number of aromatic nitrogens is 2. The van der Waals surface area contributed by atoms with Crippen molar-refractivity contribution in [1.29, 1.82) is 0 Å². The molecular formula is C27H22N2O4. The highest BCUT2D eigenvalue weighted by atomic mass is 16.5. The molecule has 0 aliphatic carbocycles. The molecule has 164 valence electrons. The van der Waals surface area contributed by atoms with E-state index in [1.54, 1.807) is 31.5 Å². The standard InChI is InChI=1S/C27H22N2O4/c1-31-25-15-24-21(13-22(25)27-16-28-17-33-27)26(32-11-10-18-6-3-2-4-7-18)14-23(29-24)19-8-5-9-20(30)12-19/h2-9,12-17,30H,10-11H2,1H3. The van der Waals surface area contributed by atoms with Crippen LogP contribution in [0.2, 0.25) is 0 Å². The van der Waals surface area contributed by atoms with Crippen LogP contribution < -0.4 is 9.47 Å². The van der Waals surface area contributed by atoms with Crippen molar-refractivity contribution in [2.45, 2.75) is 6.42 Å². The number of aromatic hydroxyl groups is 1. The lowest BCUT2D eigenvalue weighted by atomic mass is 10.0. The number of hydrogen-bond acceptors (Lipinski definition) is 6. The van der Waals surface area contributed by atoms with Crippen LogP contribution >= 0.6 is 0 Å². The van der Waals surface area contributed by atoms with Crippen LogP contribution in [-0.4, -0.2) is 28.8 Å². The first-order valence-corrected chi connectivity index (χ1v) is 10.6. The molecule has 0 aliphatic heterocycles. The first-order chi connectivity index (χ1) is 16.2. The molecule has 0 fully saturated rings. The Labute approximate surface area is 191 Å². The fourth-order valence-corrected chi connectivity index (χ4v) is 3.79. The SMILES string of the molecule is COc1cc2nc(-c3cccc(O)c3)cc(OCCc3ccccc3)c2cc1-c1cnco1. The van der Waals surface area contributed by atoms with Gasteiger partial charge in [-0.25, -0.2) is 9.97 Å². The van der Waals surface area contributed by atoms with Crippen LogP contribution in [0.3, 0.4) is 0 Å². The van der Waals surface area contributed by atoms with Gasteiger partial charge in [-0.2, -0.15) is 0 Å². The van der Waals surface area contributed by atoms with E-state index in [4.69, 9.17) is 18.9 Å². The summed E-state index contributed by atoms with van der Waals surface area (Å²) in [5.41, 5.74) is 4.17. The maximum atomic E-state index is 9.95. The summed E-state index contributed by atoms with van der Waals surface area (Å²) >= 11 is 0. The Bertz CT molecular complexity index is 1380. The largest absolute Gasteiger partial charge is 0.508 e. The molecule has 0 bridgehead atoms. The fraction of sp³-hybridized carbons (Fsp3) is 0.111. The maximum absolute atomic E-state index is 9.95. The third kappa shape index (κ3) is 4.36. The molecule has 6 heteroatoms. The Morgan fingerprint density at radius 3 is 2.58 bits per heavy atom. The van der Waals surface area contributed by atoms with E-state index < -0.39 is 0 Å². The molecule has 0 radical (unpaired) electrons. The van der Waals surface area contributed by atoms with E-state index in [1.165, 1.54) is 12.0 Å². The molecule has 0 unspecified atom stereocenters. The number of phenols is 1. The minimum Gasteiger partial charge on any atom is -0.508 e. The van der Waals surface area contributed by atoms with Gasteiger partial charge in [0.25, 0.3) is 0 Å². The van der Waals surface area contributed by atoms with Crippen molar-refractivity contribution in [3.05, 3.63) is 91.0 Å². The molecular weight excluding hydrogens is 416 g/mol. The molecule has 2 aromatic heterocycles. The van der Waals surface area contributed by atoms with Crippen molar-refractivity contribution in [2.75, 3.05) is 13.7 Å². The topological polar surface area (TPSA) is 77.6 Å². The second-order valence-corrected chi connectivity index (χ2v) is 7.58. The summed E-state index contributed by atoms with van der Waals surface area (Å²) in [4.78, 5) is 8.86. The molecule has 0 saturated carbocycles. The highest BCUT2D eigenvalue weighted by molar-refractivity contribution is 5.93. The zero-order valence-corrected chi connectivity index (χ0v) is 18.1. The molecule has 0 aliphatic rings. The molecule has 0 atom stereocenters. The van der Waals surface area contributed by atoms with Crippen molar-refractivity contribution in [3.63, 3.8) is 0 Å². The van der Waals surface area contributed by atoms with Crippen LogP contribution in [0.25, 0.3) is 33.5 Å². The van der Waals surface area contributed by atoms with E-state index in [9.17, 15) is 5.11 Å². The Morgan fingerprint density at radius 2 is 1.82 bits per heavy atom. The number of oxazole rings is 1. The molecule has 6 nitrogen and oxygen atoms in total. The predicted molar refractivity (Wildman–Crippen MR) is 127 cm³/mol. The molecule has 33 heavy (non-hydrogen) atoms. The van der Waals surface area contributed by atoms with Gasteiger partial charge in [0.15, 0.2) is 12.2 Å². The predicted octanol–water partition coefficient (Wildman–Crippen LogP) is 5.89. The number of ether oxygens (including phenoxy) is 2. The van der Waals surface area contributed by atoms with Crippen LogP contribution in [0.5, 0.6) is 17.2 Å². The average Bonchev–Trinajstić information content (AvgIpc) is 3.38. The smallest absolute Gasteiger partial charge is 0.181 e. The summed E-state index contributed by atoms with van der Waals surface area (Å²) in [7, 11) is 1.61.